The molecule has 1 aromatic carbocycles. The van der Waals surface area contributed by atoms with E-state index in [-0.39, 0.29) is 23.6 Å². The molecule has 0 saturated carbocycles. The molecule has 2 N–H and O–H groups in total. The molecular formula is C20H22N4O3. The van der Waals surface area contributed by atoms with Crippen LogP contribution in [0.3, 0.4) is 0 Å². The van der Waals surface area contributed by atoms with Crippen molar-refractivity contribution in [2.24, 2.45) is 5.92 Å². The highest BCUT2D eigenvalue weighted by atomic mass is 16.2. The minimum atomic E-state index is -0.152. The zero-order chi connectivity index (χ0) is 19.2. The van der Waals surface area contributed by atoms with Crippen LogP contribution >= 0.6 is 0 Å². The summed E-state index contributed by atoms with van der Waals surface area (Å²) >= 11 is 0. The van der Waals surface area contributed by atoms with Crippen molar-refractivity contribution in [2.45, 2.75) is 19.8 Å². The second-order valence-electron chi connectivity index (χ2n) is 6.55. The molecule has 0 aliphatic carbocycles. The Kier molecular flexibility index (Phi) is 5.80. The van der Waals surface area contributed by atoms with Crippen molar-refractivity contribution in [1.29, 1.82) is 0 Å². The minimum absolute atomic E-state index is 0.0204. The topological polar surface area (TPSA) is 91.4 Å². The molecule has 1 fully saturated rings. The summed E-state index contributed by atoms with van der Waals surface area (Å²) in [5.74, 6) is -0.337. The van der Waals surface area contributed by atoms with E-state index in [0.717, 1.165) is 5.69 Å². The average Bonchev–Trinajstić information content (AvgIpc) is 2.68. The summed E-state index contributed by atoms with van der Waals surface area (Å²) in [6.07, 6.45) is 4.53. The molecule has 27 heavy (non-hydrogen) atoms. The van der Waals surface area contributed by atoms with Crippen LogP contribution in [0.4, 0.5) is 11.4 Å². The van der Waals surface area contributed by atoms with Crippen LogP contribution in [0.5, 0.6) is 0 Å². The van der Waals surface area contributed by atoms with Crippen molar-refractivity contribution >= 4 is 29.1 Å². The molecule has 1 aliphatic rings. The number of amides is 3. The van der Waals surface area contributed by atoms with Gasteiger partial charge in [0.05, 0.1) is 0 Å². The van der Waals surface area contributed by atoms with Gasteiger partial charge in [-0.25, -0.2) is 0 Å². The molecule has 1 aliphatic heterocycles. The first-order valence-corrected chi connectivity index (χ1v) is 8.91. The summed E-state index contributed by atoms with van der Waals surface area (Å²) in [4.78, 5) is 41.8. The number of carbonyl (C=O) groups is 3. The monoisotopic (exact) mass is 366 g/mol. The number of carbonyl (C=O) groups excluding carboxylic acids is 3. The fourth-order valence-electron chi connectivity index (χ4n) is 3.11. The molecule has 7 nitrogen and oxygen atoms in total. The third-order valence-corrected chi connectivity index (χ3v) is 4.55. The molecule has 7 heteroatoms. The van der Waals surface area contributed by atoms with Crippen molar-refractivity contribution in [3.8, 4) is 0 Å². The lowest BCUT2D eigenvalue weighted by atomic mass is 9.95. The van der Waals surface area contributed by atoms with Gasteiger partial charge in [0, 0.05) is 55.3 Å². The van der Waals surface area contributed by atoms with Gasteiger partial charge in [0.1, 0.15) is 0 Å². The molecule has 140 valence electrons. The van der Waals surface area contributed by atoms with Gasteiger partial charge >= 0.3 is 0 Å². The Bertz CT molecular complexity index is 813. The standard InChI is InChI=1S/C20H22N4O3/c1-14(25)22-17-4-2-16(3-5-17)20(27)24-12-8-15(9-13-24)19(26)23-18-6-10-21-11-7-18/h2-7,10-11,15H,8-9,12-13H2,1H3,(H,22,25)(H,21,23,26). The van der Waals surface area contributed by atoms with Crippen LogP contribution in [-0.2, 0) is 9.59 Å². The number of nitrogens with zero attached hydrogens (tertiary/aromatic N) is 2. The Morgan fingerprint density at radius 2 is 1.52 bits per heavy atom. The number of nitrogens with one attached hydrogen (secondary N) is 2. The molecule has 3 rings (SSSR count). The van der Waals surface area contributed by atoms with Gasteiger partial charge in [-0.15, -0.1) is 0 Å². The van der Waals surface area contributed by atoms with Gasteiger partial charge in [0.25, 0.3) is 5.91 Å². The van der Waals surface area contributed by atoms with Crippen LogP contribution < -0.4 is 10.6 Å². The van der Waals surface area contributed by atoms with E-state index in [1.165, 1.54) is 6.92 Å². The Morgan fingerprint density at radius 3 is 2.11 bits per heavy atom. The summed E-state index contributed by atoms with van der Waals surface area (Å²) in [6, 6.07) is 10.3. The number of hydrogen-bond donors (Lipinski definition) is 2. The summed E-state index contributed by atoms with van der Waals surface area (Å²) < 4.78 is 0. The third-order valence-electron chi connectivity index (χ3n) is 4.55. The van der Waals surface area contributed by atoms with E-state index >= 15 is 0 Å². The molecule has 0 atom stereocenters. The lowest BCUT2D eigenvalue weighted by Gasteiger charge is -2.31. The maximum atomic E-state index is 12.6. The number of piperidine rings is 1. The average molecular weight is 366 g/mol. The number of benzene rings is 1. The summed E-state index contributed by atoms with van der Waals surface area (Å²) in [5, 5.41) is 5.57. The van der Waals surface area contributed by atoms with E-state index in [1.54, 1.807) is 53.7 Å². The SMILES string of the molecule is CC(=O)Nc1ccc(C(=O)N2CCC(C(=O)Nc3ccncc3)CC2)cc1. The normalized spacial score (nSPS) is 14.5. The summed E-state index contributed by atoms with van der Waals surface area (Å²) in [5.41, 5.74) is 1.96. The first-order chi connectivity index (χ1) is 13.0. The van der Waals surface area contributed by atoms with Crippen LogP contribution in [0, 0.1) is 5.92 Å². The largest absolute Gasteiger partial charge is 0.339 e. The number of rotatable bonds is 4. The van der Waals surface area contributed by atoms with Crippen molar-refractivity contribution < 1.29 is 14.4 Å². The first-order valence-electron chi connectivity index (χ1n) is 8.91. The lowest BCUT2D eigenvalue weighted by Crippen LogP contribution is -2.41. The van der Waals surface area contributed by atoms with Crippen molar-refractivity contribution in [2.75, 3.05) is 23.7 Å². The maximum Gasteiger partial charge on any atom is 0.253 e. The van der Waals surface area contributed by atoms with Gasteiger partial charge in [-0.05, 0) is 49.2 Å². The fourth-order valence-corrected chi connectivity index (χ4v) is 3.11. The maximum absolute atomic E-state index is 12.6. The molecule has 3 amide bonds. The van der Waals surface area contributed by atoms with Gasteiger partial charge in [-0.3, -0.25) is 19.4 Å². The van der Waals surface area contributed by atoms with E-state index in [9.17, 15) is 14.4 Å². The van der Waals surface area contributed by atoms with Gasteiger partial charge in [-0.2, -0.15) is 0 Å². The first kappa shape index (κ1) is 18.6. The van der Waals surface area contributed by atoms with Crippen molar-refractivity contribution in [3.63, 3.8) is 0 Å². The third kappa shape index (κ3) is 4.91. The number of hydrogen-bond acceptors (Lipinski definition) is 4. The van der Waals surface area contributed by atoms with E-state index < -0.39 is 0 Å². The van der Waals surface area contributed by atoms with Crippen LogP contribution in [0.25, 0.3) is 0 Å². The fraction of sp³-hybridized carbons (Fsp3) is 0.300. The number of aromatic nitrogens is 1. The lowest BCUT2D eigenvalue weighted by molar-refractivity contribution is -0.121. The Balaban J connectivity index is 1.53. The van der Waals surface area contributed by atoms with Crippen LogP contribution in [0.1, 0.15) is 30.1 Å². The van der Waals surface area contributed by atoms with E-state index in [4.69, 9.17) is 0 Å². The second kappa shape index (κ2) is 8.44. The Morgan fingerprint density at radius 1 is 0.926 bits per heavy atom. The molecule has 1 aromatic heterocycles. The summed E-state index contributed by atoms with van der Waals surface area (Å²) in [6.45, 7) is 2.52. The molecule has 2 heterocycles. The highest BCUT2D eigenvalue weighted by molar-refractivity contribution is 5.96. The van der Waals surface area contributed by atoms with Crippen LogP contribution in [-0.4, -0.2) is 40.7 Å². The molecule has 0 spiro atoms. The Labute approximate surface area is 157 Å². The van der Waals surface area contributed by atoms with Crippen molar-refractivity contribution in [3.05, 3.63) is 54.4 Å². The predicted molar refractivity (Wildman–Crippen MR) is 102 cm³/mol. The molecule has 0 radical (unpaired) electrons. The van der Waals surface area contributed by atoms with Crippen LogP contribution in [0.2, 0.25) is 0 Å². The molecular weight excluding hydrogens is 344 g/mol. The number of pyridine rings is 1. The predicted octanol–water partition coefficient (Wildman–Crippen LogP) is 2.53. The molecule has 0 unspecified atom stereocenters. The van der Waals surface area contributed by atoms with Crippen molar-refractivity contribution in [1.82, 2.24) is 9.88 Å². The van der Waals surface area contributed by atoms with Crippen LogP contribution in [0.15, 0.2) is 48.8 Å². The zero-order valence-corrected chi connectivity index (χ0v) is 15.1. The van der Waals surface area contributed by atoms with Gasteiger partial charge < -0.3 is 15.5 Å². The second-order valence-corrected chi connectivity index (χ2v) is 6.55. The highest BCUT2D eigenvalue weighted by Crippen LogP contribution is 2.21. The van der Waals surface area contributed by atoms with E-state index in [1.807, 2.05) is 0 Å². The van der Waals surface area contributed by atoms with E-state index in [0.29, 0.717) is 37.2 Å². The van der Waals surface area contributed by atoms with Gasteiger partial charge in [0.2, 0.25) is 11.8 Å². The van der Waals surface area contributed by atoms with Gasteiger partial charge in [0.15, 0.2) is 0 Å². The zero-order valence-electron chi connectivity index (χ0n) is 15.1. The van der Waals surface area contributed by atoms with Gasteiger partial charge in [-0.1, -0.05) is 0 Å². The molecule has 0 bridgehead atoms. The number of likely N-dealkylation sites (tertiary alicyclic amines) is 1. The smallest absolute Gasteiger partial charge is 0.253 e. The Hall–Kier alpha value is -3.22. The molecule has 1 saturated heterocycles. The molecule has 2 aromatic rings. The summed E-state index contributed by atoms with van der Waals surface area (Å²) in [7, 11) is 0. The minimum Gasteiger partial charge on any atom is -0.339 e. The number of anilines is 2. The van der Waals surface area contributed by atoms with E-state index in [2.05, 4.69) is 15.6 Å². The quantitative estimate of drug-likeness (QED) is 0.870. The highest BCUT2D eigenvalue weighted by Gasteiger charge is 2.27.